The minimum atomic E-state index is -0.775. The van der Waals surface area contributed by atoms with Crippen LogP contribution in [0.1, 0.15) is 31.8 Å². The highest BCUT2D eigenvalue weighted by Gasteiger charge is 2.21. The molecule has 0 heterocycles. The van der Waals surface area contributed by atoms with E-state index in [4.69, 9.17) is 10.00 Å². The molecule has 0 saturated heterocycles. The first-order valence-corrected chi connectivity index (χ1v) is 9.83. The van der Waals surface area contributed by atoms with Gasteiger partial charge in [-0.2, -0.15) is 5.26 Å². The van der Waals surface area contributed by atoms with Gasteiger partial charge in [0.1, 0.15) is 0 Å². The molecule has 32 heavy (non-hydrogen) atoms. The van der Waals surface area contributed by atoms with Crippen LogP contribution in [-0.4, -0.2) is 36.3 Å². The van der Waals surface area contributed by atoms with E-state index in [0.29, 0.717) is 17.8 Å². The Morgan fingerprint density at radius 2 is 1.62 bits per heavy atom. The number of rotatable bonds is 7. The molecule has 0 radical (unpaired) electrons. The lowest BCUT2D eigenvalue weighted by Crippen LogP contribution is -2.28. The number of nitriles is 1. The van der Waals surface area contributed by atoms with Gasteiger partial charge in [-0.3, -0.25) is 9.59 Å². The maximum Gasteiger partial charge on any atom is 0.339 e. The molecule has 1 N–H and O–H groups in total. The summed E-state index contributed by atoms with van der Waals surface area (Å²) in [6.07, 6.45) is 0. The van der Waals surface area contributed by atoms with Crippen molar-refractivity contribution in [2.75, 3.05) is 19.0 Å². The van der Waals surface area contributed by atoms with E-state index in [0.717, 1.165) is 5.56 Å². The Labute approximate surface area is 185 Å². The second kappa shape index (κ2) is 10.5. The fourth-order valence-electron chi connectivity index (χ4n) is 3.05. The molecular weight excluding hydrogens is 406 g/mol. The predicted molar refractivity (Wildman–Crippen MR) is 119 cm³/mol. The molecule has 0 fully saturated rings. The quantitative estimate of drug-likeness (QED) is 0.581. The fourth-order valence-corrected chi connectivity index (χ4v) is 3.05. The first-order chi connectivity index (χ1) is 15.5. The minimum absolute atomic E-state index is 0.0803. The van der Waals surface area contributed by atoms with Crippen LogP contribution in [0.15, 0.2) is 78.9 Å². The van der Waals surface area contributed by atoms with Crippen molar-refractivity contribution < 1.29 is 19.1 Å². The highest BCUT2D eigenvalue weighted by Crippen LogP contribution is 2.15. The smallest absolute Gasteiger partial charge is 0.339 e. The zero-order chi connectivity index (χ0) is 22.9. The molecule has 0 aliphatic heterocycles. The van der Waals surface area contributed by atoms with Gasteiger partial charge in [0.2, 0.25) is 0 Å². The van der Waals surface area contributed by atoms with E-state index in [1.54, 1.807) is 43.4 Å². The number of hydrogen-bond acceptors (Lipinski definition) is 5. The van der Waals surface area contributed by atoms with Crippen LogP contribution in [0.4, 0.5) is 5.69 Å². The number of amides is 2. The van der Waals surface area contributed by atoms with Crippen LogP contribution in [0.2, 0.25) is 0 Å². The Morgan fingerprint density at radius 3 is 2.34 bits per heavy atom. The fraction of sp³-hybridized carbons (Fsp3) is 0.120. The van der Waals surface area contributed by atoms with Crippen LogP contribution in [0.25, 0.3) is 0 Å². The molecule has 160 valence electrons. The molecule has 7 nitrogen and oxygen atoms in total. The zero-order valence-electron chi connectivity index (χ0n) is 17.4. The van der Waals surface area contributed by atoms with Crippen molar-refractivity contribution in [2.45, 2.75) is 6.54 Å². The number of benzene rings is 3. The van der Waals surface area contributed by atoms with Crippen molar-refractivity contribution in [3.63, 3.8) is 0 Å². The molecule has 2 amide bonds. The number of carbonyl (C=O) groups is 3. The summed E-state index contributed by atoms with van der Waals surface area (Å²) in [4.78, 5) is 39.2. The van der Waals surface area contributed by atoms with Gasteiger partial charge in [0.25, 0.3) is 11.8 Å². The van der Waals surface area contributed by atoms with Gasteiger partial charge < -0.3 is 15.0 Å². The van der Waals surface area contributed by atoms with Crippen LogP contribution in [0, 0.1) is 11.3 Å². The van der Waals surface area contributed by atoms with Gasteiger partial charge in [0, 0.05) is 19.3 Å². The van der Waals surface area contributed by atoms with Gasteiger partial charge in [-0.25, -0.2) is 4.79 Å². The molecule has 3 aromatic rings. The van der Waals surface area contributed by atoms with Crippen molar-refractivity contribution in [1.82, 2.24) is 4.90 Å². The molecule has 3 aromatic carbocycles. The van der Waals surface area contributed by atoms with Crippen LogP contribution >= 0.6 is 0 Å². The van der Waals surface area contributed by atoms with E-state index in [1.807, 2.05) is 36.4 Å². The molecule has 0 unspecified atom stereocenters. The highest BCUT2D eigenvalue weighted by atomic mass is 16.5. The number of carbonyl (C=O) groups excluding carboxylic acids is 3. The summed E-state index contributed by atoms with van der Waals surface area (Å²) in [7, 11) is 1.65. The van der Waals surface area contributed by atoms with Crippen LogP contribution in [-0.2, 0) is 16.1 Å². The normalized spacial score (nSPS) is 10.0. The molecule has 0 aromatic heterocycles. The summed E-state index contributed by atoms with van der Waals surface area (Å²) in [6, 6.07) is 24.2. The molecule has 0 aliphatic rings. The van der Waals surface area contributed by atoms with Gasteiger partial charge in [-0.05, 0) is 35.9 Å². The van der Waals surface area contributed by atoms with Gasteiger partial charge in [0.15, 0.2) is 6.61 Å². The highest BCUT2D eigenvalue weighted by molar-refractivity contribution is 6.06. The summed E-state index contributed by atoms with van der Waals surface area (Å²) >= 11 is 0. The summed E-state index contributed by atoms with van der Waals surface area (Å²) in [5.74, 6) is -1.67. The van der Waals surface area contributed by atoms with Crippen LogP contribution in [0.3, 0.4) is 0 Å². The van der Waals surface area contributed by atoms with E-state index >= 15 is 0 Å². The van der Waals surface area contributed by atoms with E-state index < -0.39 is 18.5 Å². The topological polar surface area (TPSA) is 99.5 Å². The summed E-state index contributed by atoms with van der Waals surface area (Å²) < 4.78 is 5.12. The largest absolute Gasteiger partial charge is 0.452 e. The van der Waals surface area contributed by atoms with Crippen molar-refractivity contribution in [3.05, 3.63) is 101 Å². The molecule has 0 atom stereocenters. The van der Waals surface area contributed by atoms with Crippen molar-refractivity contribution in [2.24, 2.45) is 0 Å². The molecule has 0 spiro atoms. The van der Waals surface area contributed by atoms with E-state index in [2.05, 4.69) is 5.32 Å². The third-order valence-corrected chi connectivity index (χ3v) is 4.60. The zero-order valence-corrected chi connectivity index (χ0v) is 17.4. The summed E-state index contributed by atoms with van der Waals surface area (Å²) in [5.41, 5.74) is 2.05. The van der Waals surface area contributed by atoms with E-state index in [-0.39, 0.29) is 17.0 Å². The molecule has 0 saturated carbocycles. The molecule has 0 aliphatic carbocycles. The van der Waals surface area contributed by atoms with Crippen LogP contribution < -0.4 is 5.32 Å². The number of ether oxygens (including phenoxy) is 1. The lowest BCUT2D eigenvalue weighted by atomic mass is 10.1. The second-order valence-electron chi connectivity index (χ2n) is 7.01. The van der Waals surface area contributed by atoms with Gasteiger partial charge in [-0.15, -0.1) is 0 Å². The number of nitrogens with zero attached hydrogens (tertiary/aromatic N) is 2. The third-order valence-electron chi connectivity index (χ3n) is 4.60. The standard InChI is InChI=1S/C25H21N3O4/c1-28(16-18-8-3-2-4-9-18)24(30)21-12-5-6-13-22(21)25(31)32-17-23(29)27-20-11-7-10-19(14-20)15-26/h2-14H,16-17H2,1H3,(H,27,29). The number of esters is 1. The predicted octanol–water partition coefficient (Wildman–Crippen LogP) is 3.63. The van der Waals surface area contributed by atoms with Crippen LogP contribution in [0.5, 0.6) is 0 Å². The Balaban J connectivity index is 1.64. The minimum Gasteiger partial charge on any atom is -0.452 e. The van der Waals surface area contributed by atoms with Gasteiger partial charge in [0.05, 0.1) is 22.8 Å². The van der Waals surface area contributed by atoms with Crippen molar-refractivity contribution in [1.29, 1.82) is 5.26 Å². The lowest BCUT2D eigenvalue weighted by molar-refractivity contribution is -0.119. The molecule has 3 rings (SSSR count). The molecule has 0 bridgehead atoms. The lowest BCUT2D eigenvalue weighted by Gasteiger charge is -2.19. The maximum atomic E-state index is 12.9. The average Bonchev–Trinajstić information content (AvgIpc) is 2.82. The first-order valence-electron chi connectivity index (χ1n) is 9.83. The molecule has 7 heteroatoms. The maximum absolute atomic E-state index is 12.9. The van der Waals surface area contributed by atoms with Gasteiger partial charge >= 0.3 is 5.97 Å². The monoisotopic (exact) mass is 427 g/mol. The first kappa shape index (κ1) is 22.2. The van der Waals surface area contributed by atoms with E-state index in [9.17, 15) is 14.4 Å². The van der Waals surface area contributed by atoms with Crippen molar-refractivity contribution in [3.8, 4) is 6.07 Å². The summed E-state index contributed by atoms with van der Waals surface area (Å²) in [5, 5.41) is 11.5. The second-order valence-corrected chi connectivity index (χ2v) is 7.01. The number of hydrogen-bond donors (Lipinski definition) is 1. The Bertz CT molecular complexity index is 1170. The Morgan fingerprint density at radius 1 is 0.938 bits per heavy atom. The summed E-state index contributed by atoms with van der Waals surface area (Å²) in [6.45, 7) is -0.148. The number of nitrogens with one attached hydrogen (secondary N) is 1. The Hall–Kier alpha value is -4.44. The van der Waals surface area contributed by atoms with E-state index in [1.165, 1.54) is 17.0 Å². The SMILES string of the molecule is CN(Cc1ccccc1)C(=O)c1ccccc1C(=O)OCC(=O)Nc1cccc(C#N)c1. The third kappa shape index (κ3) is 5.80. The number of anilines is 1. The Kier molecular flexibility index (Phi) is 7.33. The molecular formula is C25H21N3O4. The van der Waals surface area contributed by atoms with Crippen molar-refractivity contribution >= 4 is 23.5 Å². The van der Waals surface area contributed by atoms with Gasteiger partial charge in [-0.1, -0.05) is 48.5 Å². The average molecular weight is 427 g/mol.